The zero-order valence-corrected chi connectivity index (χ0v) is 15.6. The van der Waals surface area contributed by atoms with Crippen LogP contribution in [0.1, 0.15) is 24.8 Å². The molecule has 2 amide bonds. The van der Waals surface area contributed by atoms with E-state index in [1.165, 1.54) is 6.07 Å². The van der Waals surface area contributed by atoms with E-state index in [2.05, 4.69) is 5.32 Å². The SMILES string of the molecule is O=C(Nc1cc2c(cc1F)N(C1=CCOCC1)C(=O)C21CC1)Oc1ccccc1. The van der Waals surface area contributed by atoms with Crippen molar-refractivity contribution in [1.29, 1.82) is 0 Å². The van der Waals surface area contributed by atoms with Crippen molar-refractivity contribution in [3.63, 3.8) is 0 Å². The standard InChI is InChI=1S/C22H19FN2O4/c23-17-13-19-16(12-18(17)24-21(27)29-15-4-2-1-3-5-15)22(8-9-22)20(26)25(19)14-6-10-28-11-7-14/h1-6,12-13H,7-11H2,(H,24,27). The molecule has 0 bridgehead atoms. The molecular weight excluding hydrogens is 375 g/mol. The summed E-state index contributed by atoms with van der Waals surface area (Å²) < 4.78 is 25.3. The van der Waals surface area contributed by atoms with Gasteiger partial charge in [0.05, 0.1) is 30.0 Å². The van der Waals surface area contributed by atoms with Crippen molar-refractivity contribution >= 4 is 23.4 Å². The maximum atomic E-state index is 14.8. The number of benzene rings is 2. The number of anilines is 2. The van der Waals surface area contributed by atoms with Gasteiger partial charge in [-0.3, -0.25) is 15.0 Å². The van der Waals surface area contributed by atoms with Crippen LogP contribution in [-0.2, 0) is 14.9 Å². The predicted octanol–water partition coefficient (Wildman–Crippen LogP) is 4.12. The Labute approximate surface area is 166 Å². The summed E-state index contributed by atoms with van der Waals surface area (Å²) in [6.45, 7) is 0.973. The first-order valence-corrected chi connectivity index (χ1v) is 9.58. The second-order valence-corrected chi connectivity index (χ2v) is 7.42. The van der Waals surface area contributed by atoms with E-state index in [0.29, 0.717) is 31.1 Å². The van der Waals surface area contributed by atoms with Crippen molar-refractivity contribution < 1.29 is 23.5 Å². The predicted molar refractivity (Wildman–Crippen MR) is 104 cm³/mol. The minimum atomic E-state index is -0.784. The lowest BCUT2D eigenvalue weighted by atomic mass is 9.97. The molecule has 1 spiro atoms. The van der Waals surface area contributed by atoms with E-state index in [-0.39, 0.29) is 11.6 Å². The number of para-hydroxylation sites is 1. The number of ether oxygens (including phenoxy) is 2. The largest absolute Gasteiger partial charge is 0.417 e. The lowest BCUT2D eigenvalue weighted by Crippen LogP contribution is -2.33. The average molecular weight is 394 g/mol. The van der Waals surface area contributed by atoms with Gasteiger partial charge in [0.1, 0.15) is 11.6 Å². The highest BCUT2D eigenvalue weighted by molar-refractivity contribution is 6.12. The fraction of sp³-hybridized carbons (Fsp3) is 0.273. The highest BCUT2D eigenvalue weighted by atomic mass is 19.1. The van der Waals surface area contributed by atoms with E-state index in [4.69, 9.17) is 9.47 Å². The Morgan fingerprint density at radius 2 is 2.00 bits per heavy atom. The van der Waals surface area contributed by atoms with E-state index < -0.39 is 17.3 Å². The fourth-order valence-electron chi connectivity index (χ4n) is 4.01. The number of fused-ring (bicyclic) bond motifs is 2. The van der Waals surface area contributed by atoms with Crippen LogP contribution in [0, 0.1) is 5.82 Å². The van der Waals surface area contributed by atoms with Crippen LogP contribution in [0.5, 0.6) is 5.75 Å². The molecule has 2 aromatic rings. The van der Waals surface area contributed by atoms with Gasteiger partial charge in [-0.15, -0.1) is 0 Å². The second kappa shape index (κ2) is 6.70. The number of nitrogens with zero attached hydrogens (tertiary/aromatic N) is 1. The third kappa shape index (κ3) is 2.98. The van der Waals surface area contributed by atoms with Crippen LogP contribution in [0.2, 0.25) is 0 Å². The molecular formula is C22H19FN2O4. The maximum Gasteiger partial charge on any atom is 0.417 e. The molecule has 29 heavy (non-hydrogen) atoms. The van der Waals surface area contributed by atoms with Crippen molar-refractivity contribution in [2.45, 2.75) is 24.7 Å². The highest BCUT2D eigenvalue weighted by Crippen LogP contribution is 2.59. The summed E-state index contributed by atoms with van der Waals surface area (Å²) in [7, 11) is 0. The zero-order valence-electron chi connectivity index (χ0n) is 15.6. The van der Waals surface area contributed by atoms with E-state index >= 15 is 0 Å². The van der Waals surface area contributed by atoms with Gasteiger partial charge in [-0.05, 0) is 42.7 Å². The van der Waals surface area contributed by atoms with Gasteiger partial charge in [0.25, 0.3) is 0 Å². The molecule has 7 heteroatoms. The molecule has 1 fully saturated rings. The van der Waals surface area contributed by atoms with Crippen LogP contribution >= 0.6 is 0 Å². The number of amides is 2. The minimum absolute atomic E-state index is 0.00608. The lowest BCUT2D eigenvalue weighted by Gasteiger charge is -2.24. The normalized spacial score (nSPS) is 19.0. The van der Waals surface area contributed by atoms with E-state index in [1.54, 1.807) is 41.3 Å². The molecule has 5 rings (SSSR count). The summed E-state index contributed by atoms with van der Waals surface area (Å²) in [5, 5.41) is 2.46. The fourth-order valence-corrected chi connectivity index (χ4v) is 4.01. The smallest absolute Gasteiger partial charge is 0.410 e. The molecule has 148 valence electrons. The van der Waals surface area contributed by atoms with Crippen LogP contribution in [0.4, 0.5) is 20.6 Å². The number of rotatable bonds is 3. The lowest BCUT2D eigenvalue weighted by molar-refractivity contribution is -0.119. The first kappa shape index (κ1) is 17.9. The van der Waals surface area contributed by atoms with Crippen LogP contribution < -0.4 is 15.0 Å². The molecule has 1 aliphatic carbocycles. The Hall–Kier alpha value is -3.19. The van der Waals surface area contributed by atoms with Crippen molar-refractivity contribution in [2.24, 2.45) is 0 Å². The molecule has 0 radical (unpaired) electrons. The molecule has 0 unspecified atom stereocenters. The summed E-state index contributed by atoms with van der Waals surface area (Å²) >= 11 is 0. The van der Waals surface area contributed by atoms with E-state index in [1.807, 2.05) is 6.08 Å². The Morgan fingerprint density at radius 1 is 1.21 bits per heavy atom. The average Bonchev–Trinajstić information content (AvgIpc) is 3.49. The van der Waals surface area contributed by atoms with Gasteiger partial charge in [0.15, 0.2) is 0 Å². The third-order valence-electron chi connectivity index (χ3n) is 5.62. The van der Waals surface area contributed by atoms with Gasteiger partial charge in [0.2, 0.25) is 5.91 Å². The number of hydrogen-bond donors (Lipinski definition) is 1. The van der Waals surface area contributed by atoms with Crippen molar-refractivity contribution in [3.05, 3.63) is 65.6 Å². The van der Waals surface area contributed by atoms with E-state index in [0.717, 1.165) is 24.1 Å². The number of hydrogen-bond acceptors (Lipinski definition) is 4. The summed E-state index contributed by atoms with van der Waals surface area (Å²) in [5.41, 5.74) is 1.55. The van der Waals surface area contributed by atoms with Gasteiger partial charge >= 0.3 is 6.09 Å². The number of halogens is 1. The molecule has 2 aromatic carbocycles. The number of carbonyl (C=O) groups excluding carboxylic acids is 2. The quantitative estimate of drug-likeness (QED) is 0.850. The minimum Gasteiger partial charge on any atom is -0.410 e. The molecule has 2 heterocycles. The van der Waals surface area contributed by atoms with Crippen molar-refractivity contribution in [3.8, 4) is 5.75 Å². The van der Waals surface area contributed by atoms with Gasteiger partial charge in [0, 0.05) is 18.2 Å². The number of nitrogens with one attached hydrogen (secondary N) is 1. The second-order valence-electron chi connectivity index (χ2n) is 7.42. The van der Waals surface area contributed by atoms with Gasteiger partial charge in [-0.25, -0.2) is 9.18 Å². The van der Waals surface area contributed by atoms with Gasteiger partial charge in [-0.2, -0.15) is 0 Å². The van der Waals surface area contributed by atoms with Gasteiger partial charge < -0.3 is 9.47 Å². The zero-order chi connectivity index (χ0) is 20.0. The Balaban J connectivity index is 1.45. The van der Waals surface area contributed by atoms with Gasteiger partial charge in [-0.1, -0.05) is 18.2 Å². The Kier molecular flexibility index (Phi) is 4.13. The first-order valence-electron chi connectivity index (χ1n) is 9.58. The highest BCUT2D eigenvalue weighted by Gasteiger charge is 2.60. The monoisotopic (exact) mass is 394 g/mol. The van der Waals surface area contributed by atoms with E-state index in [9.17, 15) is 14.0 Å². The third-order valence-corrected chi connectivity index (χ3v) is 5.62. The summed E-state index contributed by atoms with van der Waals surface area (Å²) in [6.07, 6.45) is 3.13. The van der Waals surface area contributed by atoms with Crippen LogP contribution in [0.15, 0.2) is 54.2 Å². The first-order chi connectivity index (χ1) is 14.1. The molecule has 1 saturated carbocycles. The topological polar surface area (TPSA) is 67.9 Å². The van der Waals surface area contributed by atoms with Crippen LogP contribution in [0.3, 0.4) is 0 Å². The molecule has 6 nitrogen and oxygen atoms in total. The molecule has 1 N–H and O–H groups in total. The maximum absolute atomic E-state index is 14.8. The number of carbonyl (C=O) groups is 2. The van der Waals surface area contributed by atoms with Crippen molar-refractivity contribution in [2.75, 3.05) is 23.4 Å². The Bertz CT molecular complexity index is 1030. The Morgan fingerprint density at radius 3 is 2.69 bits per heavy atom. The summed E-state index contributed by atoms with van der Waals surface area (Å²) in [6, 6.07) is 11.4. The molecule has 0 atom stereocenters. The van der Waals surface area contributed by atoms with Crippen LogP contribution in [-0.4, -0.2) is 25.2 Å². The molecule has 3 aliphatic rings. The van der Waals surface area contributed by atoms with Crippen LogP contribution in [0.25, 0.3) is 0 Å². The summed E-state index contributed by atoms with van der Waals surface area (Å²) in [4.78, 5) is 27.0. The molecule has 2 aliphatic heterocycles. The molecule has 0 aromatic heterocycles. The van der Waals surface area contributed by atoms with Crippen molar-refractivity contribution in [1.82, 2.24) is 0 Å². The summed E-state index contributed by atoms with van der Waals surface area (Å²) in [5.74, 6) is -0.279. The molecule has 0 saturated heterocycles.